The molecule has 1 aromatic rings. The largest absolute Gasteiger partial charge is 0.469 e. The van der Waals surface area contributed by atoms with E-state index >= 15 is 0 Å². The topological polar surface area (TPSA) is 38.3 Å². The first kappa shape index (κ1) is 16.1. The molecule has 0 saturated heterocycles. The van der Waals surface area contributed by atoms with E-state index < -0.39 is 5.41 Å². The van der Waals surface area contributed by atoms with Gasteiger partial charge in [-0.1, -0.05) is 19.1 Å². The van der Waals surface area contributed by atoms with Crippen LogP contribution >= 0.6 is 11.8 Å². The minimum Gasteiger partial charge on any atom is -0.469 e. The first-order valence-electron chi connectivity index (χ1n) is 6.50. The Hall–Kier alpha value is -1.00. The third kappa shape index (κ3) is 5.25. The van der Waals surface area contributed by atoms with E-state index in [4.69, 9.17) is 4.74 Å². The predicted molar refractivity (Wildman–Crippen MR) is 80.3 cm³/mol. The summed E-state index contributed by atoms with van der Waals surface area (Å²) in [6, 6.07) is 8.45. The van der Waals surface area contributed by atoms with E-state index in [1.165, 1.54) is 17.6 Å². The Morgan fingerprint density at radius 1 is 1.32 bits per heavy atom. The molecular weight excluding hydrogens is 258 g/mol. The van der Waals surface area contributed by atoms with Crippen molar-refractivity contribution in [3.8, 4) is 0 Å². The standard InChI is InChI=1S/C15H23NO2S/c1-5-16-10-12-6-8-13(9-7-12)19-11-15(2,3)14(17)18-4/h6-9,16H,5,10-11H2,1-4H3. The molecule has 0 unspecified atom stereocenters. The molecule has 0 spiro atoms. The maximum absolute atomic E-state index is 11.6. The highest BCUT2D eigenvalue weighted by Gasteiger charge is 2.28. The molecule has 19 heavy (non-hydrogen) atoms. The van der Waals surface area contributed by atoms with Gasteiger partial charge in [-0.2, -0.15) is 0 Å². The second-order valence-electron chi connectivity index (χ2n) is 5.09. The van der Waals surface area contributed by atoms with Crippen molar-refractivity contribution in [2.75, 3.05) is 19.4 Å². The van der Waals surface area contributed by atoms with Crippen LogP contribution in [0.2, 0.25) is 0 Å². The van der Waals surface area contributed by atoms with Crippen molar-refractivity contribution in [1.82, 2.24) is 5.32 Å². The van der Waals surface area contributed by atoms with Crippen LogP contribution in [0.3, 0.4) is 0 Å². The number of hydrogen-bond donors (Lipinski definition) is 1. The molecule has 0 fully saturated rings. The second-order valence-corrected chi connectivity index (χ2v) is 6.14. The number of methoxy groups -OCH3 is 1. The summed E-state index contributed by atoms with van der Waals surface area (Å²) in [5.41, 5.74) is 0.820. The maximum atomic E-state index is 11.6. The Kier molecular flexibility index (Phi) is 6.38. The summed E-state index contributed by atoms with van der Waals surface area (Å²) in [5.74, 6) is 0.551. The van der Waals surface area contributed by atoms with E-state index in [1.807, 2.05) is 13.8 Å². The zero-order valence-corrected chi connectivity index (χ0v) is 13.0. The molecule has 3 nitrogen and oxygen atoms in total. The Bertz CT molecular complexity index is 401. The molecule has 0 heterocycles. The number of thioether (sulfide) groups is 1. The molecule has 0 aliphatic heterocycles. The monoisotopic (exact) mass is 281 g/mol. The minimum absolute atomic E-state index is 0.163. The summed E-state index contributed by atoms with van der Waals surface area (Å²) in [4.78, 5) is 12.8. The summed E-state index contributed by atoms with van der Waals surface area (Å²) in [5, 5.41) is 3.29. The van der Waals surface area contributed by atoms with Gasteiger partial charge in [0.15, 0.2) is 0 Å². The van der Waals surface area contributed by atoms with Crippen molar-refractivity contribution in [3.63, 3.8) is 0 Å². The molecule has 106 valence electrons. The summed E-state index contributed by atoms with van der Waals surface area (Å²) in [7, 11) is 1.43. The lowest BCUT2D eigenvalue weighted by Gasteiger charge is -2.20. The van der Waals surface area contributed by atoms with Gasteiger partial charge in [0.25, 0.3) is 0 Å². The SMILES string of the molecule is CCNCc1ccc(SCC(C)(C)C(=O)OC)cc1. The molecule has 0 bridgehead atoms. The van der Waals surface area contributed by atoms with Gasteiger partial charge in [-0.05, 0) is 38.1 Å². The van der Waals surface area contributed by atoms with Crippen LogP contribution in [-0.2, 0) is 16.1 Å². The summed E-state index contributed by atoms with van der Waals surface area (Å²) >= 11 is 1.68. The van der Waals surface area contributed by atoms with Crippen LogP contribution in [0.4, 0.5) is 0 Å². The highest BCUT2D eigenvalue weighted by atomic mass is 32.2. The zero-order valence-electron chi connectivity index (χ0n) is 12.2. The normalized spacial score (nSPS) is 11.4. The number of rotatable bonds is 7. The van der Waals surface area contributed by atoms with E-state index in [2.05, 4.69) is 36.5 Å². The number of carbonyl (C=O) groups is 1. The van der Waals surface area contributed by atoms with E-state index in [0.29, 0.717) is 5.75 Å². The zero-order chi connectivity index (χ0) is 14.3. The molecule has 0 aliphatic carbocycles. The fraction of sp³-hybridized carbons (Fsp3) is 0.533. The predicted octanol–water partition coefficient (Wildman–Crippen LogP) is 3.09. The fourth-order valence-electron chi connectivity index (χ4n) is 1.57. The average Bonchev–Trinajstić information content (AvgIpc) is 2.43. The van der Waals surface area contributed by atoms with Gasteiger partial charge in [0.05, 0.1) is 12.5 Å². The smallest absolute Gasteiger partial charge is 0.312 e. The molecule has 4 heteroatoms. The van der Waals surface area contributed by atoms with Crippen molar-refractivity contribution in [2.24, 2.45) is 5.41 Å². The fourth-order valence-corrected chi connectivity index (χ4v) is 2.55. The van der Waals surface area contributed by atoms with Crippen LogP contribution in [0, 0.1) is 5.41 Å². The number of benzene rings is 1. The van der Waals surface area contributed by atoms with Crippen molar-refractivity contribution >= 4 is 17.7 Å². The van der Waals surface area contributed by atoms with Crippen LogP contribution in [-0.4, -0.2) is 25.4 Å². The summed E-state index contributed by atoms with van der Waals surface area (Å²) in [6.07, 6.45) is 0. The molecular formula is C15H23NO2S. The van der Waals surface area contributed by atoms with Gasteiger partial charge < -0.3 is 10.1 Å². The van der Waals surface area contributed by atoms with Crippen molar-refractivity contribution in [2.45, 2.75) is 32.2 Å². The van der Waals surface area contributed by atoms with Crippen LogP contribution in [0.15, 0.2) is 29.2 Å². The molecule has 0 aromatic heterocycles. The summed E-state index contributed by atoms with van der Waals surface area (Å²) < 4.78 is 4.81. The molecule has 0 atom stereocenters. The second kappa shape index (κ2) is 7.56. The molecule has 1 aromatic carbocycles. The molecule has 1 rings (SSSR count). The lowest BCUT2D eigenvalue weighted by molar-refractivity contribution is -0.149. The maximum Gasteiger partial charge on any atom is 0.312 e. The Morgan fingerprint density at radius 2 is 1.95 bits per heavy atom. The first-order valence-corrected chi connectivity index (χ1v) is 7.49. The van der Waals surface area contributed by atoms with Crippen LogP contribution in [0.25, 0.3) is 0 Å². The van der Waals surface area contributed by atoms with Gasteiger partial charge in [0, 0.05) is 17.2 Å². The van der Waals surface area contributed by atoms with Gasteiger partial charge >= 0.3 is 5.97 Å². The van der Waals surface area contributed by atoms with E-state index in [1.54, 1.807) is 11.8 Å². The first-order chi connectivity index (χ1) is 8.99. The Labute approximate surface area is 120 Å². The van der Waals surface area contributed by atoms with Crippen molar-refractivity contribution in [1.29, 1.82) is 0 Å². The Balaban J connectivity index is 2.52. The third-order valence-corrected chi connectivity index (χ3v) is 4.31. The van der Waals surface area contributed by atoms with Gasteiger partial charge in [0.2, 0.25) is 0 Å². The van der Waals surface area contributed by atoms with Crippen molar-refractivity contribution in [3.05, 3.63) is 29.8 Å². The molecule has 1 N–H and O–H groups in total. The van der Waals surface area contributed by atoms with Gasteiger partial charge in [-0.15, -0.1) is 11.8 Å². The highest BCUT2D eigenvalue weighted by molar-refractivity contribution is 7.99. The molecule has 0 saturated carbocycles. The van der Waals surface area contributed by atoms with Gasteiger partial charge in [-0.25, -0.2) is 0 Å². The minimum atomic E-state index is -0.456. The quantitative estimate of drug-likeness (QED) is 0.616. The number of carbonyl (C=O) groups excluding carboxylic acids is 1. The van der Waals surface area contributed by atoms with Crippen molar-refractivity contribution < 1.29 is 9.53 Å². The van der Waals surface area contributed by atoms with E-state index in [9.17, 15) is 4.79 Å². The number of ether oxygens (including phenoxy) is 1. The van der Waals surface area contributed by atoms with Crippen LogP contribution in [0.1, 0.15) is 26.3 Å². The summed E-state index contributed by atoms with van der Waals surface area (Å²) in [6.45, 7) is 7.79. The Morgan fingerprint density at radius 3 is 2.47 bits per heavy atom. The van der Waals surface area contributed by atoms with Gasteiger partial charge in [0.1, 0.15) is 0 Å². The number of nitrogens with one attached hydrogen (secondary N) is 1. The highest BCUT2D eigenvalue weighted by Crippen LogP contribution is 2.28. The van der Waals surface area contributed by atoms with Crippen LogP contribution in [0.5, 0.6) is 0 Å². The number of esters is 1. The molecule has 0 radical (unpaired) electrons. The lowest BCUT2D eigenvalue weighted by atomic mass is 9.97. The average molecular weight is 281 g/mol. The number of hydrogen-bond acceptors (Lipinski definition) is 4. The van der Waals surface area contributed by atoms with Gasteiger partial charge in [-0.3, -0.25) is 4.79 Å². The van der Waals surface area contributed by atoms with Crippen LogP contribution < -0.4 is 5.32 Å². The van der Waals surface area contributed by atoms with E-state index in [-0.39, 0.29) is 5.97 Å². The van der Waals surface area contributed by atoms with E-state index in [0.717, 1.165) is 13.1 Å². The molecule has 0 aliphatic rings. The molecule has 0 amide bonds. The third-order valence-electron chi connectivity index (χ3n) is 2.84. The lowest BCUT2D eigenvalue weighted by Crippen LogP contribution is -2.28.